The van der Waals surface area contributed by atoms with Crippen molar-refractivity contribution >= 4 is 5.97 Å². The molecule has 1 saturated heterocycles. The molecule has 0 aromatic carbocycles. The van der Waals surface area contributed by atoms with Crippen molar-refractivity contribution in [3.05, 3.63) is 0 Å². The highest BCUT2D eigenvalue weighted by Crippen LogP contribution is 2.36. The number of fused-ring (bicyclic) bond motifs is 1. The molecule has 3 heteroatoms. The summed E-state index contributed by atoms with van der Waals surface area (Å²) >= 11 is 0. The van der Waals surface area contributed by atoms with E-state index in [2.05, 4.69) is 5.32 Å². The first kappa shape index (κ1) is 9.97. The van der Waals surface area contributed by atoms with Gasteiger partial charge in [-0.2, -0.15) is 0 Å². The molecule has 1 aliphatic heterocycles. The summed E-state index contributed by atoms with van der Waals surface area (Å²) in [7, 11) is 0. The summed E-state index contributed by atoms with van der Waals surface area (Å²) in [6, 6.07) is -0.0137. The Morgan fingerprint density at radius 1 is 1.43 bits per heavy atom. The van der Waals surface area contributed by atoms with E-state index in [0.717, 1.165) is 12.5 Å². The summed E-state index contributed by atoms with van der Waals surface area (Å²) < 4.78 is 5.07. The summed E-state index contributed by atoms with van der Waals surface area (Å²) in [6.45, 7) is 3.37. The third kappa shape index (κ3) is 1.78. The van der Waals surface area contributed by atoms with Crippen molar-refractivity contribution < 1.29 is 9.53 Å². The van der Waals surface area contributed by atoms with Crippen molar-refractivity contribution in [3.8, 4) is 0 Å². The zero-order chi connectivity index (χ0) is 9.97. The van der Waals surface area contributed by atoms with Gasteiger partial charge >= 0.3 is 5.97 Å². The van der Waals surface area contributed by atoms with Crippen molar-refractivity contribution in [2.24, 2.45) is 11.8 Å². The Morgan fingerprint density at radius 3 is 3.00 bits per heavy atom. The first-order valence-electron chi connectivity index (χ1n) is 5.73. The number of hydrogen-bond acceptors (Lipinski definition) is 3. The zero-order valence-electron chi connectivity index (χ0n) is 8.79. The molecule has 0 aromatic rings. The molecule has 0 spiro atoms. The van der Waals surface area contributed by atoms with Crippen LogP contribution in [-0.4, -0.2) is 25.2 Å². The second kappa shape index (κ2) is 4.30. The van der Waals surface area contributed by atoms with Crippen LogP contribution in [0, 0.1) is 11.8 Å². The normalized spacial score (nSPS) is 36.5. The van der Waals surface area contributed by atoms with Gasteiger partial charge in [0.15, 0.2) is 0 Å². The molecule has 2 aliphatic rings. The van der Waals surface area contributed by atoms with Gasteiger partial charge in [0.2, 0.25) is 0 Å². The predicted octanol–water partition coefficient (Wildman–Crippen LogP) is 1.33. The van der Waals surface area contributed by atoms with Crippen LogP contribution in [0.4, 0.5) is 0 Å². The number of carbonyl (C=O) groups excluding carboxylic acids is 1. The first-order valence-corrected chi connectivity index (χ1v) is 5.73. The van der Waals surface area contributed by atoms with Gasteiger partial charge in [-0.15, -0.1) is 0 Å². The van der Waals surface area contributed by atoms with Gasteiger partial charge in [-0.05, 0) is 38.1 Å². The third-order valence-electron chi connectivity index (χ3n) is 3.54. The van der Waals surface area contributed by atoms with Gasteiger partial charge in [-0.1, -0.05) is 12.8 Å². The summed E-state index contributed by atoms with van der Waals surface area (Å²) in [6.07, 6.45) is 5.09. The molecule has 1 heterocycles. The lowest BCUT2D eigenvalue weighted by molar-refractivity contribution is -0.146. The molecule has 1 saturated carbocycles. The molecule has 1 aliphatic carbocycles. The van der Waals surface area contributed by atoms with Gasteiger partial charge in [-0.3, -0.25) is 4.79 Å². The summed E-state index contributed by atoms with van der Waals surface area (Å²) in [5.41, 5.74) is 0. The number of nitrogens with one attached hydrogen (secondary N) is 1. The molecule has 0 bridgehead atoms. The SMILES string of the molecule is CCOC(=O)C1NCC2CCCCC21. The Kier molecular flexibility index (Phi) is 3.06. The van der Waals surface area contributed by atoms with E-state index >= 15 is 0 Å². The van der Waals surface area contributed by atoms with Crippen LogP contribution in [0.25, 0.3) is 0 Å². The predicted molar refractivity (Wildman–Crippen MR) is 53.9 cm³/mol. The topological polar surface area (TPSA) is 38.3 Å². The molecule has 0 aromatic heterocycles. The summed E-state index contributed by atoms with van der Waals surface area (Å²) in [5.74, 6) is 1.22. The van der Waals surface area contributed by atoms with Crippen LogP contribution >= 0.6 is 0 Å². The van der Waals surface area contributed by atoms with E-state index in [9.17, 15) is 4.79 Å². The largest absolute Gasteiger partial charge is 0.465 e. The van der Waals surface area contributed by atoms with Crippen molar-refractivity contribution in [2.45, 2.75) is 38.6 Å². The van der Waals surface area contributed by atoms with Crippen LogP contribution in [0.3, 0.4) is 0 Å². The molecule has 3 unspecified atom stereocenters. The lowest BCUT2D eigenvalue weighted by Crippen LogP contribution is -2.38. The van der Waals surface area contributed by atoms with E-state index in [0.29, 0.717) is 12.5 Å². The lowest BCUT2D eigenvalue weighted by atomic mass is 9.78. The molecular weight excluding hydrogens is 178 g/mol. The fraction of sp³-hybridized carbons (Fsp3) is 0.909. The molecule has 80 valence electrons. The average Bonchev–Trinajstić information content (AvgIpc) is 2.61. The molecule has 1 N–H and O–H groups in total. The zero-order valence-corrected chi connectivity index (χ0v) is 8.79. The van der Waals surface area contributed by atoms with E-state index in [1.54, 1.807) is 0 Å². The fourth-order valence-electron chi connectivity index (χ4n) is 2.85. The molecule has 2 fully saturated rings. The van der Waals surface area contributed by atoms with Crippen LogP contribution in [0.5, 0.6) is 0 Å². The van der Waals surface area contributed by atoms with Gasteiger partial charge in [0.25, 0.3) is 0 Å². The van der Waals surface area contributed by atoms with Crippen LogP contribution < -0.4 is 5.32 Å². The molecule has 0 amide bonds. The maximum Gasteiger partial charge on any atom is 0.323 e. The Labute approximate surface area is 85.2 Å². The first-order chi connectivity index (χ1) is 6.83. The monoisotopic (exact) mass is 197 g/mol. The van der Waals surface area contributed by atoms with Crippen LogP contribution in [0.15, 0.2) is 0 Å². The van der Waals surface area contributed by atoms with Gasteiger partial charge in [0.05, 0.1) is 6.61 Å². The Bertz CT molecular complexity index is 217. The third-order valence-corrected chi connectivity index (χ3v) is 3.54. The Morgan fingerprint density at radius 2 is 2.21 bits per heavy atom. The van der Waals surface area contributed by atoms with Gasteiger partial charge in [-0.25, -0.2) is 0 Å². The minimum absolute atomic E-state index is 0.0137. The van der Waals surface area contributed by atoms with Crippen molar-refractivity contribution in [2.75, 3.05) is 13.2 Å². The van der Waals surface area contributed by atoms with E-state index in [-0.39, 0.29) is 12.0 Å². The van der Waals surface area contributed by atoms with E-state index in [1.807, 2.05) is 6.92 Å². The van der Waals surface area contributed by atoms with E-state index in [4.69, 9.17) is 4.74 Å². The summed E-state index contributed by atoms with van der Waals surface area (Å²) in [4.78, 5) is 11.6. The molecule has 2 rings (SSSR count). The van der Waals surface area contributed by atoms with Crippen LogP contribution in [0.1, 0.15) is 32.6 Å². The van der Waals surface area contributed by atoms with E-state index < -0.39 is 0 Å². The lowest BCUT2D eigenvalue weighted by Gasteiger charge is -2.26. The quantitative estimate of drug-likeness (QED) is 0.679. The maximum atomic E-state index is 11.6. The van der Waals surface area contributed by atoms with Crippen LogP contribution in [-0.2, 0) is 9.53 Å². The van der Waals surface area contributed by atoms with Crippen molar-refractivity contribution in [1.29, 1.82) is 0 Å². The smallest absolute Gasteiger partial charge is 0.323 e. The van der Waals surface area contributed by atoms with Crippen LogP contribution in [0.2, 0.25) is 0 Å². The Balaban J connectivity index is 1.96. The molecule has 0 radical (unpaired) electrons. The second-order valence-electron chi connectivity index (χ2n) is 4.35. The number of esters is 1. The number of carbonyl (C=O) groups is 1. The highest BCUT2D eigenvalue weighted by molar-refractivity contribution is 5.76. The number of rotatable bonds is 2. The van der Waals surface area contributed by atoms with Gasteiger partial charge in [0, 0.05) is 0 Å². The fourth-order valence-corrected chi connectivity index (χ4v) is 2.85. The molecule has 3 nitrogen and oxygen atoms in total. The van der Waals surface area contributed by atoms with Gasteiger partial charge in [0.1, 0.15) is 6.04 Å². The van der Waals surface area contributed by atoms with Crippen molar-refractivity contribution in [3.63, 3.8) is 0 Å². The van der Waals surface area contributed by atoms with Crippen molar-refractivity contribution in [1.82, 2.24) is 5.32 Å². The second-order valence-corrected chi connectivity index (χ2v) is 4.35. The average molecular weight is 197 g/mol. The number of hydrogen-bond donors (Lipinski definition) is 1. The highest BCUT2D eigenvalue weighted by atomic mass is 16.5. The maximum absolute atomic E-state index is 11.6. The Hall–Kier alpha value is -0.570. The minimum Gasteiger partial charge on any atom is -0.465 e. The highest BCUT2D eigenvalue weighted by Gasteiger charge is 2.41. The minimum atomic E-state index is -0.0399. The van der Waals surface area contributed by atoms with E-state index in [1.165, 1.54) is 25.7 Å². The summed E-state index contributed by atoms with van der Waals surface area (Å²) in [5, 5.41) is 3.31. The number of ether oxygens (including phenoxy) is 1. The molecule has 3 atom stereocenters. The molecule has 14 heavy (non-hydrogen) atoms. The van der Waals surface area contributed by atoms with Gasteiger partial charge < -0.3 is 10.1 Å². The standard InChI is InChI=1S/C11H19NO2/c1-2-14-11(13)10-9-6-4-3-5-8(9)7-12-10/h8-10,12H,2-7H2,1H3. The molecular formula is C11H19NO2.